The second kappa shape index (κ2) is 6.66. The zero-order chi connectivity index (χ0) is 17.1. The molecule has 0 bridgehead atoms. The number of hydrogen-bond acceptors (Lipinski definition) is 4. The minimum atomic E-state index is -0.361. The maximum Gasteiger partial charge on any atom is 0.147 e. The van der Waals surface area contributed by atoms with Crippen LogP contribution in [0.15, 0.2) is 54.3 Å². The molecule has 0 spiro atoms. The van der Waals surface area contributed by atoms with E-state index in [1.807, 2.05) is 23.1 Å². The molecular weight excluding hydrogens is 303 g/mol. The maximum atomic E-state index is 14.5. The summed E-state index contributed by atoms with van der Waals surface area (Å²) in [6, 6.07) is 9.52. The van der Waals surface area contributed by atoms with Crippen molar-refractivity contribution in [3.8, 4) is 0 Å². The van der Waals surface area contributed by atoms with E-state index in [4.69, 9.17) is 5.73 Å². The third-order valence-electron chi connectivity index (χ3n) is 4.11. The van der Waals surface area contributed by atoms with E-state index in [9.17, 15) is 4.39 Å². The van der Waals surface area contributed by atoms with Crippen LogP contribution in [-0.2, 0) is 13.1 Å². The van der Waals surface area contributed by atoms with E-state index in [2.05, 4.69) is 22.6 Å². The Morgan fingerprint density at radius 3 is 2.92 bits per heavy atom. The van der Waals surface area contributed by atoms with Crippen molar-refractivity contribution in [3.05, 3.63) is 77.5 Å². The monoisotopic (exact) mass is 322 g/mol. The number of nitrogens with two attached hydrogens (primary N) is 1. The van der Waals surface area contributed by atoms with Crippen molar-refractivity contribution >= 4 is 17.5 Å². The number of pyridine rings is 1. The van der Waals surface area contributed by atoms with Crippen molar-refractivity contribution in [2.75, 3.05) is 7.05 Å². The third kappa shape index (κ3) is 2.93. The molecule has 2 aromatic rings. The molecule has 1 aliphatic heterocycles. The predicted octanol–water partition coefficient (Wildman–Crippen LogP) is 3.21. The number of aliphatic imine (C=N–C) groups is 1. The Balaban J connectivity index is 1.81. The Bertz CT molecular complexity index is 839. The summed E-state index contributed by atoms with van der Waals surface area (Å²) in [5, 5.41) is 0. The lowest BCUT2D eigenvalue weighted by Gasteiger charge is -2.19. The van der Waals surface area contributed by atoms with E-state index in [0.29, 0.717) is 29.9 Å². The number of nitrogens with zero attached hydrogens (tertiary/aromatic N) is 3. The number of benzene rings is 1. The highest BCUT2D eigenvalue weighted by molar-refractivity contribution is 6.09. The van der Waals surface area contributed by atoms with Crippen molar-refractivity contribution in [2.45, 2.75) is 13.1 Å². The molecule has 0 radical (unpaired) electrons. The second-order valence-electron chi connectivity index (χ2n) is 5.62. The van der Waals surface area contributed by atoms with Crippen LogP contribution in [0.4, 0.5) is 4.39 Å². The fraction of sp³-hybridized carbons (Fsp3) is 0.158. The number of halogens is 1. The summed E-state index contributed by atoms with van der Waals surface area (Å²) < 4.78 is 14.5. The molecule has 5 heteroatoms. The molecule has 1 aliphatic rings. The van der Waals surface area contributed by atoms with E-state index in [-0.39, 0.29) is 5.82 Å². The van der Waals surface area contributed by atoms with Crippen LogP contribution in [0.25, 0.3) is 11.3 Å². The Kier molecular flexibility index (Phi) is 4.42. The molecule has 1 aromatic heterocycles. The van der Waals surface area contributed by atoms with Crippen LogP contribution in [0.3, 0.4) is 0 Å². The summed E-state index contributed by atoms with van der Waals surface area (Å²) in [6.45, 7) is 5.21. The first-order valence-corrected chi connectivity index (χ1v) is 7.65. The summed E-state index contributed by atoms with van der Waals surface area (Å²) in [7, 11) is 1.64. The molecule has 2 heterocycles. The molecule has 0 amide bonds. The molecule has 0 unspecified atom stereocenters. The van der Waals surface area contributed by atoms with Gasteiger partial charge in [-0.15, -0.1) is 0 Å². The van der Waals surface area contributed by atoms with Gasteiger partial charge in [0, 0.05) is 54.6 Å². The average Bonchev–Trinajstić information content (AvgIpc) is 2.91. The van der Waals surface area contributed by atoms with E-state index in [0.717, 1.165) is 11.3 Å². The standard InChI is InChI=1S/C19H19FN4/c1-13-17-6-4-3-5-14(17)11-24(13)12-19-18(20)7-15(10-23-19)16(8-21)9-22-2/h3-10H,1,11-12,21H2,2H3. The van der Waals surface area contributed by atoms with Gasteiger partial charge in [0.15, 0.2) is 0 Å². The first kappa shape index (κ1) is 15.9. The van der Waals surface area contributed by atoms with E-state index in [1.165, 1.54) is 17.8 Å². The van der Waals surface area contributed by atoms with Gasteiger partial charge in [0.2, 0.25) is 0 Å². The van der Waals surface area contributed by atoms with Crippen molar-refractivity contribution in [2.24, 2.45) is 10.7 Å². The van der Waals surface area contributed by atoms with Gasteiger partial charge >= 0.3 is 0 Å². The second-order valence-corrected chi connectivity index (χ2v) is 5.62. The first-order valence-electron chi connectivity index (χ1n) is 7.65. The van der Waals surface area contributed by atoms with Gasteiger partial charge in [-0.1, -0.05) is 30.8 Å². The fourth-order valence-electron chi connectivity index (χ4n) is 2.84. The number of aromatic nitrogens is 1. The van der Waals surface area contributed by atoms with E-state index in [1.54, 1.807) is 19.5 Å². The van der Waals surface area contributed by atoms with Gasteiger partial charge in [0.25, 0.3) is 0 Å². The van der Waals surface area contributed by atoms with Gasteiger partial charge in [0.1, 0.15) is 5.82 Å². The molecule has 24 heavy (non-hydrogen) atoms. The van der Waals surface area contributed by atoms with E-state index >= 15 is 0 Å². The molecule has 4 nitrogen and oxygen atoms in total. The van der Waals surface area contributed by atoms with Crippen molar-refractivity contribution in [3.63, 3.8) is 0 Å². The van der Waals surface area contributed by atoms with Gasteiger partial charge in [0.05, 0.1) is 12.2 Å². The first-order chi connectivity index (χ1) is 11.6. The Morgan fingerprint density at radius 2 is 2.25 bits per heavy atom. The lowest BCUT2D eigenvalue weighted by atomic mass is 10.1. The van der Waals surface area contributed by atoms with Crippen molar-refractivity contribution in [1.82, 2.24) is 9.88 Å². The van der Waals surface area contributed by atoms with Crippen molar-refractivity contribution in [1.29, 1.82) is 0 Å². The van der Waals surface area contributed by atoms with Gasteiger partial charge in [-0.05, 0) is 11.6 Å². The number of rotatable bonds is 4. The third-order valence-corrected chi connectivity index (χ3v) is 4.11. The molecule has 0 saturated carbocycles. The predicted molar refractivity (Wildman–Crippen MR) is 95.5 cm³/mol. The van der Waals surface area contributed by atoms with Crippen LogP contribution in [0.1, 0.15) is 22.4 Å². The molecule has 122 valence electrons. The summed E-state index contributed by atoms with van der Waals surface area (Å²) in [6.07, 6.45) is 4.59. The largest absolute Gasteiger partial charge is 0.404 e. The molecule has 0 fully saturated rings. The summed E-state index contributed by atoms with van der Waals surface area (Å²) >= 11 is 0. The zero-order valence-corrected chi connectivity index (χ0v) is 13.5. The summed E-state index contributed by atoms with van der Waals surface area (Å²) in [5.74, 6) is -0.361. The van der Waals surface area contributed by atoms with Crippen LogP contribution < -0.4 is 5.73 Å². The highest BCUT2D eigenvalue weighted by Gasteiger charge is 2.23. The number of fused-ring (bicyclic) bond motifs is 1. The number of allylic oxidation sites excluding steroid dienone is 1. The van der Waals surface area contributed by atoms with Gasteiger partial charge in [-0.2, -0.15) is 0 Å². The molecule has 0 saturated heterocycles. The topological polar surface area (TPSA) is 54.5 Å². The minimum absolute atomic E-state index is 0.361. The zero-order valence-electron chi connectivity index (χ0n) is 13.5. The normalized spacial score (nSPS) is 14.5. The Hall–Kier alpha value is -2.95. The lowest BCUT2D eigenvalue weighted by molar-refractivity contribution is 0.388. The Morgan fingerprint density at radius 1 is 1.46 bits per heavy atom. The van der Waals surface area contributed by atoms with E-state index < -0.39 is 0 Å². The fourth-order valence-corrected chi connectivity index (χ4v) is 2.84. The van der Waals surface area contributed by atoms with Crippen molar-refractivity contribution < 1.29 is 4.39 Å². The number of hydrogen-bond donors (Lipinski definition) is 1. The van der Waals surface area contributed by atoms with Gasteiger partial charge < -0.3 is 10.6 Å². The SMILES string of the molecule is C=C1c2ccccc2CN1Cc1ncc(C(C=NC)=CN)cc1F. The Labute approximate surface area is 140 Å². The molecule has 2 N–H and O–H groups in total. The quantitative estimate of drug-likeness (QED) is 0.880. The van der Waals surface area contributed by atoms with Crippen LogP contribution in [0.5, 0.6) is 0 Å². The van der Waals surface area contributed by atoms with Crippen LogP contribution in [-0.4, -0.2) is 23.1 Å². The maximum absolute atomic E-state index is 14.5. The minimum Gasteiger partial charge on any atom is -0.404 e. The lowest BCUT2D eigenvalue weighted by Crippen LogP contribution is -2.16. The summed E-state index contributed by atoms with van der Waals surface area (Å²) in [5.41, 5.74) is 10.4. The van der Waals surface area contributed by atoms with Crippen LogP contribution in [0.2, 0.25) is 0 Å². The van der Waals surface area contributed by atoms with Gasteiger partial charge in [-0.25, -0.2) is 4.39 Å². The molecule has 1 aromatic carbocycles. The van der Waals surface area contributed by atoms with Crippen LogP contribution >= 0.6 is 0 Å². The van der Waals surface area contributed by atoms with Gasteiger partial charge in [-0.3, -0.25) is 9.98 Å². The highest BCUT2D eigenvalue weighted by Crippen LogP contribution is 2.32. The molecule has 3 rings (SSSR count). The van der Waals surface area contributed by atoms with Crippen LogP contribution in [0, 0.1) is 5.82 Å². The highest BCUT2D eigenvalue weighted by atomic mass is 19.1. The molecular formula is C19H19FN4. The molecule has 0 aliphatic carbocycles. The summed E-state index contributed by atoms with van der Waals surface area (Å²) in [4.78, 5) is 10.2. The molecule has 0 atom stereocenters. The smallest absolute Gasteiger partial charge is 0.147 e. The average molecular weight is 322 g/mol.